The average molecular weight is 415 g/mol. The highest BCUT2D eigenvalue weighted by molar-refractivity contribution is 5.86. The lowest BCUT2D eigenvalue weighted by Gasteiger charge is -2.25. The Morgan fingerprint density at radius 1 is 1.40 bits per heavy atom. The number of carbonyl (C=O) groups is 3. The van der Waals surface area contributed by atoms with E-state index < -0.39 is 24.1 Å². The number of nitriles is 1. The molecule has 0 saturated carbocycles. The minimum Gasteiger partial charge on any atom is -0.445 e. The topological polar surface area (TPSA) is 133 Å². The monoisotopic (exact) mass is 415 g/mol. The third kappa shape index (κ3) is 7.70. The number of piperidine rings is 1. The molecular weight excluding hydrogens is 386 g/mol. The van der Waals surface area contributed by atoms with Gasteiger partial charge in [-0.3, -0.25) is 14.6 Å². The molecule has 3 N–H and O–H groups in total. The van der Waals surface area contributed by atoms with Crippen LogP contribution in [0.2, 0.25) is 0 Å². The van der Waals surface area contributed by atoms with Crippen LogP contribution in [0, 0.1) is 23.2 Å². The molecule has 1 aliphatic heterocycles. The van der Waals surface area contributed by atoms with Crippen molar-refractivity contribution < 1.29 is 19.1 Å². The van der Waals surface area contributed by atoms with Crippen molar-refractivity contribution in [1.29, 1.82) is 5.26 Å². The van der Waals surface area contributed by atoms with Gasteiger partial charge in [0.05, 0.1) is 6.07 Å². The molecular formula is C21H29N5O4. The van der Waals surface area contributed by atoms with Crippen LogP contribution in [0.25, 0.3) is 0 Å². The quantitative estimate of drug-likeness (QED) is 0.562. The molecule has 30 heavy (non-hydrogen) atoms. The molecule has 1 saturated heterocycles. The molecule has 162 valence electrons. The number of nitrogens with zero attached hydrogens (tertiary/aromatic N) is 2. The van der Waals surface area contributed by atoms with E-state index in [1.54, 1.807) is 24.5 Å². The largest absolute Gasteiger partial charge is 0.445 e. The van der Waals surface area contributed by atoms with E-state index in [1.165, 1.54) is 0 Å². The lowest BCUT2D eigenvalue weighted by Crippen LogP contribution is -2.51. The second kappa shape index (κ2) is 11.8. The van der Waals surface area contributed by atoms with Gasteiger partial charge in [-0.15, -0.1) is 0 Å². The molecule has 0 bridgehead atoms. The molecule has 2 heterocycles. The van der Waals surface area contributed by atoms with Crippen molar-refractivity contribution in [1.82, 2.24) is 20.9 Å². The van der Waals surface area contributed by atoms with Crippen LogP contribution in [0.3, 0.4) is 0 Å². The van der Waals surface area contributed by atoms with Crippen molar-refractivity contribution in [3.05, 3.63) is 30.1 Å². The summed E-state index contributed by atoms with van der Waals surface area (Å²) in [5.74, 6) is -0.731. The molecule has 1 fully saturated rings. The zero-order valence-corrected chi connectivity index (χ0v) is 17.4. The van der Waals surface area contributed by atoms with E-state index in [4.69, 9.17) is 4.74 Å². The molecule has 1 aromatic heterocycles. The van der Waals surface area contributed by atoms with Crippen LogP contribution in [-0.4, -0.2) is 41.5 Å². The Morgan fingerprint density at radius 2 is 2.20 bits per heavy atom. The third-order valence-electron chi connectivity index (χ3n) is 4.80. The lowest BCUT2D eigenvalue weighted by molar-refractivity contribution is -0.128. The number of pyridine rings is 1. The van der Waals surface area contributed by atoms with Gasteiger partial charge in [-0.25, -0.2) is 4.79 Å². The third-order valence-corrected chi connectivity index (χ3v) is 4.80. The Morgan fingerprint density at radius 3 is 2.83 bits per heavy atom. The highest BCUT2D eigenvalue weighted by atomic mass is 16.5. The van der Waals surface area contributed by atoms with E-state index in [0.717, 1.165) is 12.0 Å². The summed E-state index contributed by atoms with van der Waals surface area (Å²) in [5.41, 5.74) is 0.729. The highest BCUT2D eigenvalue weighted by Gasteiger charge is 2.29. The Hall–Kier alpha value is -3.15. The minimum absolute atomic E-state index is 0.0350. The first-order valence-electron chi connectivity index (χ1n) is 10.2. The van der Waals surface area contributed by atoms with Gasteiger partial charge in [0.1, 0.15) is 18.7 Å². The fraction of sp³-hybridized carbons (Fsp3) is 0.571. The van der Waals surface area contributed by atoms with E-state index in [1.807, 2.05) is 19.9 Å². The van der Waals surface area contributed by atoms with Crippen molar-refractivity contribution in [2.45, 2.75) is 58.2 Å². The van der Waals surface area contributed by atoms with Crippen LogP contribution < -0.4 is 16.0 Å². The van der Waals surface area contributed by atoms with Crippen molar-refractivity contribution in [3.63, 3.8) is 0 Å². The molecule has 9 nitrogen and oxygen atoms in total. The molecule has 0 spiro atoms. The summed E-state index contributed by atoms with van der Waals surface area (Å²) >= 11 is 0. The number of ether oxygens (including phenoxy) is 1. The predicted octanol–water partition coefficient (Wildman–Crippen LogP) is 1.65. The highest BCUT2D eigenvalue weighted by Crippen LogP contribution is 2.17. The van der Waals surface area contributed by atoms with Crippen LogP contribution in [0.4, 0.5) is 4.79 Å². The predicted molar refractivity (Wildman–Crippen MR) is 109 cm³/mol. The summed E-state index contributed by atoms with van der Waals surface area (Å²) in [6, 6.07) is 3.90. The SMILES string of the molecule is CC(C)C[C@H](NC(=O)OCc1cccnc1)C(=O)N[C@H](C#N)C[C@@H]1CCCNC1=O. The molecule has 0 radical (unpaired) electrons. The maximum atomic E-state index is 12.7. The number of alkyl carbamates (subject to hydrolysis) is 1. The van der Waals surface area contributed by atoms with E-state index in [-0.39, 0.29) is 30.8 Å². The summed E-state index contributed by atoms with van der Waals surface area (Å²) in [5, 5.41) is 17.4. The minimum atomic E-state index is -0.845. The van der Waals surface area contributed by atoms with E-state index in [0.29, 0.717) is 19.4 Å². The van der Waals surface area contributed by atoms with Gasteiger partial charge >= 0.3 is 6.09 Å². The standard InChI is InChI=1S/C21H29N5O4/c1-14(2)9-18(26-21(29)30-13-15-5-3-7-23-12-15)20(28)25-17(11-22)10-16-6-4-8-24-19(16)27/h3,5,7,12,14,16-18H,4,6,8-10,13H2,1-2H3,(H,24,27)(H,25,28)(H,26,29)/t16-,17-,18-/m0/s1. The van der Waals surface area contributed by atoms with Gasteiger partial charge in [0.25, 0.3) is 0 Å². The second-order valence-corrected chi connectivity index (χ2v) is 7.82. The number of nitrogens with one attached hydrogen (secondary N) is 3. The van der Waals surface area contributed by atoms with Crippen LogP contribution in [0.5, 0.6) is 0 Å². The van der Waals surface area contributed by atoms with Gasteiger partial charge in [-0.2, -0.15) is 5.26 Å². The number of aromatic nitrogens is 1. The van der Waals surface area contributed by atoms with Gasteiger partial charge < -0.3 is 20.7 Å². The smallest absolute Gasteiger partial charge is 0.408 e. The first kappa shape index (κ1) is 23.1. The van der Waals surface area contributed by atoms with Crippen LogP contribution >= 0.6 is 0 Å². The molecule has 1 aromatic rings. The maximum absolute atomic E-state index is 12.7. The average Bonchev–Trinajstić information content (AvgIpc) is 2.73. The van der Waals surface area contributed by atoms with Crippen molar-refractivity contribution in [2.75, 3.05) is 6.54 Å². The van der Waals surface area contributed by atoms with Gasteiger partial charge in [-0.05, 0) is 37.7 Å². The summed E-state index contributed by atoms with van der Waals surface area (Å²) in [7, 11) is 0. The van der Waals surface area contributed by atoms with Gasteiger partial charge in [-0.1, -0.05) is 19.9 Å². The Labute approximate surface area is 176 Å². The summed E-state index contributed by atoms with van der Waals surface area (Å²) < 4.78 is 5.17. The van der Waals surface area contributed by atoms with Crippen LogP contribution in [-0.2, 0) is 20.9 Å². The van der Waals surface area contributed by atoms with Crippen molar-refractivity contribution >= 4 is 17.9 Å². The maximum Gasteiger partial charge on any atom is 0.408 e. The van der Waals surface area contributed by atoms with Crippen LogP contribution in [0.15, 0.2) is 24.5 Å². The van der Waals surface area contributed by atoms with Crippen molar-refractivity contribution in [3.8, 4) is 6.07 Å². The zero-order chi connectivity index (χ0) is 21.9. The number of amides is 3. The Balaban J connectivity index is 1.91. The molecule has 3 amide bonds. The lowest BCUT2D eigenvalue weighted by atomic mass is 9.91. The molecule has 0 unspecified atom stereocenters. The fourth-order valence-corrected chi connectivity index (χ4v) is 3.28. The number of carbonyl (C=O) groups excluding carboxylic acids is 3. The summed E-state index contributed by atoms with van der Waals surface area (Å²) in [6.45, 7) is 4.53. The van der Waals surface area contributed by atoms with Gasteiger partial charge in [0.2, 0.25) is 11.8 Å². The molecule has 1 aliphatic rings. The van der Waals surface area contributed by atoms with Crippen molar-refractivity contribution in [2.24, 2.45) is 11.8 Å². The molecule has 2 rings (SSSR count). The van der Waals surface area contributed by atoms with Gasteiger partial charge in [0, 0.05) is 30.4 Å². The van der Waals surface area contributed by atoms with Crippen LogP contribution in [0.1, 0.15) is 45.1 Å². The summed E-state index contributed by atoms with van der Waals surface area (Å²) in [4.78, 5) is 40.8. The fourth-order valence-electron chi connectivity index (χ4n) is 3.28. The first-order valence-corrected chi connectivity index (χ1v) is 10.2. The normalized spacial score (nSPS) is 17.9. The van der Waals surface area contributed by atoms with E-state index in [2.05, 4.69) is 20.9 Å². The Bertz CT molecular complexity index is 762. The first-order chi connectivity index (χ1) is 14.4. The Kier molecular flexibility index (Phi) is 9.06. The molecule has 0 aliphatic carbocycles. The van der Waals surface area contributed by atoms with E-state index in [9.17, 15) is 19.6 Å². The number of hydrogen-bond acceptors (Lipinski definition) is 6. The van der Waals surface area contributed by atoms with Gasteiger partial charge in [0.15, 0.2) is 0 Å². The molecule has 3 atom stereocenters. The zero-order valence-electron chi connectivity index (χ0n) is 17.4. The van der Waals surface area contributed by atoms with E-state index >= 15 is 0 Å². The molecule has 9 heteroatoms. The molecule has 0 aromatic carbocycles. The number of rotatable bonds is 9. The second-order valence-electron chi connectivity index (χ2n) is 7.82. The number of hydrogen-bond donors (Lipinski definition) is 3. The summed E-state index contributed by atoms with van der Waals surface area (Å²) in [6.07, 6.45) is 4.65.